The Balaban J connectivity index is 2.64. The first-order chi connectivity index (χ1) is 6.52. The lowest BCUT2D eigenvalue weighted by Crippen LogP contribution is -2.10. The van der Waals surface area contributed by atoms with E-state index < -0.39 is 0 Å². The summed E-state index contributed by atoms with van der Waals surface area (Å²) in [7, 11) is 0. The molecule has 0 saturated carbocycles. The first-order valence-electron chi connectivity index (χ1n) is 5.29. The molecule has 0 spiro atoms. The predicted octanol–water partition coefficient (Wildman–Crippen LogP) is 3.50. The molecule has 0 bridgehead atoms. The van der Waals surface area contributed by atoms with Crippen molar-refractivity contribution in [3.63, 3.8) is 0 Å². The number of ether oxygens (including phenoxy) is 1. The monoisotopic (exact) mass is 190 g/mol. The van der Waals surface area contributed by atoms with Crippen LogP contribution in [0.3, 0.4) is 0 Å². The van der Waals surface area contributed by atoms with E-state index in [0.717, 1.165) is 5.75 Å². The van der Waals surface area contributed by atoms with Crippen molar-refractivity contribution in [1.82, 2.24) is 0 Å². The second-order valence-corrected chi connectivity index (χ2v) is 4.47. The van der Waals surface area contributed by atoms with E-state index in [1.54, 1.807) is 0 Å². The summed E-state index contributed by atoms with van der Waals surface area (Å²) in [5, 5.41) is 0. The highest BCUT2D eigenvalue weighted by Gasteiger charge is 2.29. The summed E-state index contributed by atoms with van der Waals surface area (Å²) in [5.74, 6) is 1.66. The van der Waals surface area contributed by atoms with Gasteiger partial charge in [0.15, 0.2) is 0 Å². The maximum absolute atomic E-state index is 5.89. The van der Waals surface area contributed by atoms with Gasteiger partial charge in [-0.2, -0.15) is 0 Å². The van der Waals surface area contributed by atoms with E-state index in [2.05, 4.69) is 40.7 Å². The SMILES string of the molecule is Cc1cc2c(c(C)c1C)OC(C)C2C. The molecular weight excluding hydrogens is 172 g/mol. The lowest BCUT2D eigenvalue weighted by molar-refractivity contribution is 0.231. The van der Waals surface area contributed by atoms with Crippen molar-refractivity contribution in [1.29, 1.82) is 0 Å². The molecule has 0 fully saturated rings. The van der Waals surface area contributed by atoms with E-state index in [-0.39, 0.29) is 0 Å². The zero-order valence-electron chi connectivity index (χ0n) is 9.64. The predicted molar refractivity (Wildman–Crippen MR) is 59.2 cm³/mol. The summed E-state index contributed by atoms with van der Waals surface area (Å²) in [6.07, 6.45) is 0.324. The normalized spacial score (nSPS) is 24.6. The fourth-order valence-electron chi connectivity index (χ4n) is 2.13. The van der Waals surface area contributed by atoms with Crippen LogP contribution in [0.4, 0.5) is 0 Å². The molecule has 0 aromatic heterocycles. The van der Waals surface area contributed by atoms with Crippen LogP contribution in [0.1, 0.15) is 42.0 Å². The van der Waals surface area contributed by atoms with Crippen molar-refractivity contribution in [2.75, 3.05) is 0 Å². The van der Waals surface area contributed by atoms with Crippen molar-refractivity contribution < 1.29 is 4.74 Å². The molecule has 1 aromatic rings. The van der Waals surface area contributed by atoms with Gasteiger partial charge in [-0.25, -0.2) is 0 Å². The second kappa shape index (κ2) is 3.01. The molecule has 2 unspecified atom stereocenters. The van der Waals surface area contributed by atoms with E-state index in [0.29, 0.717) is 12.0 Å². The molecule has 0 radical (unpaired) electrons. The average molecular weight is 190 g/mol. The Morgan fingerprint density at radius 3 is 2.36 bits per heavy atom. The van der Waals surface area contributed by atoms with Gasteiger partial charge in [-0.15, -0.1) is 0 Å². The smallest absolute Gasteiger partial charge is 0.126 e. The summed E-state index contributed by atoms with van der Waals surface area (Å²) in [6, 6.07) is 2.28. The van der Waals surface area contributed by atoms with Gasteiger partial charge in [0.1, 0.15) is 11.9 Å². The maximum atomic E-state index is 5.89. The Hall–Kier alpha value is -0.980. The molecule has 76 valence electrons. The highest BCUT2D eigenvalue weighted by Crippen LogP contribution is 2.42. The van der Waals surface area contributed by atoms with Crippen molar-refractivity contribution in [3.8, 4) is 5.75 Å². The van der Waals surface area contributed by atoms with Crippen LogP contribution < -0.4 is 4.74 Å². The molecule has 0 aliphatic carbocycles. The minimum atomic E-state index is 0.324. The lowest BCUT2D eigenvalue weighted by Gasteiger charge is -2.10. The maximum Gasteiger partial charge on any atom is 0.126 e. The Bertz CT molecular complexity index is 379. The molecule has 14 heavy (non-hydrogen) atoms. The number of aryl methyl sites for hydroxylation is 1. The van der Waals surface area contributed by atoms with Crippen molar-refractivity contribution in [3.05, 3.63) is 28.3 Å². The largest absolute Gasteiger partial charge is 0.490 e. The minimum absolute atomic E-state index is 0.324. The van der Waals surface area contributed by atoms with Crippen LogP contribution in [0.25, 0.3) is 0 Å². The third kappa shape index (κ3) is 1.15. The van der Waals surface area contributed by atoms with Gasteiger partial charge in [-0.05, 0) is 44.4 Å². The fourth-order valence-corrected chi connectivity index (χ4v) is 2.13. The third-order valence-corrected chi connectivity index (χ3v) is 3.63. The van der Waals surface area contributed by atoms with E-state index in [1.165, 1.54) is 22.3 Å². The molecule has 1 aromatic carbocycles. The van der Waals surface area contributed by atoms with Crippen LogP contribution in [0.15, 0.2) is 6.07 Å². The Labute approximate surface area is 86.1 Å². The van der Waals surface area contributed by atoms with Crippen LogP contribution >= 0.6 is 0 Å². The second-order valence-electron chi connectivity index (χ2n) is 4.47. The fraction of sp³-hybridized carbons (Fsp3) is 0.538. The third-order valence-electron chi connectivity index (χ3n) is 3.63. The molecule has 0 amide bonds. The average Bonchev–Trinajstić information content (AvgIpc) is 2.42. The molecule has 0 N–H and O–H groups in total. The van der Waals surface area contributed by atoms with Crippen molar-refractivity contribution in [2.24, 2.45) is 0 Å². The van der Waals surface area contributed by atoms with Crippen LogP contribution in [-0.2, 0) is 0 Å². The van der Waals surface area contributed by atoms with Crippen molar-refractivity contribution >= 4 is 0 Å². The van der Waals surface area contributed by atoms with Gasteiger partial charge in [0.05, 0.1) is 0 Å². The highest BCUT2D eigenvalue weighted by atomic mass is 16.5. The summed E-state index contributed by atoms with van der Waals surface area (Å²) >= 11 is 0. The zero-order valence-corrected chi connectivity index (χ0v) is 9.64. The van der Waals surface area contributed by atoms with E-state index >= 15 is 0 Å². The van der Waals surface area contributed by atoms with Crippen LogP contribution in [0.2, 0.25) is 0 Å². The van der Waals surface area contributed by atoms with Gasteiger partial charge in [0.2, 0.25) is 0 Å². The first-order valence-corrected chi connectivity index (χ1v) is 5.29. The number of hydrogen-bond donors (Lipinski definition) is 0. The standard InChI is InChI=1S/C13H18O/c1-7-6-12-10(4)11(5)14-13(12)9(3)8(7)2/h6,10-11H,1-5H3. The van der Waals surface area contributed by atoms with Crippen LogP contribution in [0.5, 0.6) is 5.75 Å². The van der Waals surface area contributed by atoms with Crippen LogP contribution in [-0.4, -0.2) is 6.10 Å². The molecule has 2 atom stereocenters. The molecule has 2 rings (SSSR count). The molecule has 1 heterocycles. The van der Waals surface area contributed by atoms with Gasteiger partial charge in [0.25, 0.3) is 0 Å². The van der Waals surface area contributed by atoms with E-state index in [9.17, 15) is 0 Å². The Morgan fingerprint density at radius 1 is 1.07 bits per heavy atom. The zero-order chi connectivity index (χ0) is 10.5. The quantitative estimate of drug-likeness (QED) is 0.608. The summed E-state index contributed by atoms with van der Waals surface area (Å²) in [5.41, 5.74) is 5.45. The number of hydrogen-bond acceptors (Lipinski definition) is 1. The molecule has 1 nitrogen and oxygen atoms in total. The van der Waals surface area contributed by atoms with Gasteiger partial charge in [-0.1, -0.05) is 13.0 Å². The van der Waals surface area contributed by atoms with Gasteiger partial charge < -0.3 is 4.74 Å². The summed E-state index contributed by atoms with van der Waals surface area (Å²) < 4.78 is 5.89. The number of fused-ring (bicyclic) bond motifs is 1. The number of rotatable bonds is 0. The Kier molecular flexibility index (Phi) is 2.06. The molecule has 0 saturated heterocycles. The first kappa shape index (κ1) is 9.57. The summed E-state index contributed by atoms with van der Waals surface area (Å²) in [4.78, 5) is 0. The van der Waals surface area contributed by atoms with E-state index in [1.807, 2.05) is 0 Å². The lowest BCUT2D eigenvalue weighted by atomic mass is 9.92. The highest BCUT2D eigenvalue weighted by molar-refractivity contribution is 5.52. The summed E-state index contributed by atoms with van der Waals surface area (Å²) in [6.45, 7) is 10.9. The van der Waals surface area contributed by atoms with Crippen LogP contribution in [0, 0.1) is 20.8 Å². The van der Waals surface area contributed by atoms with Gasteiger partial charge in [-0.3, -0.25) is 0 Å². The minimum Gasteiger partial charge on any atom is -0.490 e. The van der Waals surface area contributed by atoms with E-state index in [4.69, 9.17) is 4.74 Å². The van der Waals surface area contributed by atoms with Gasteiger partial charge >= 0.3 is 0 Å². The Morgan fingerprint density at radius 2 is 1.71 bits per heavy atom. The van der Waals surface area contributed by atoms with Gasteiger partial charge in [0, 0.05) is 11.5 Å². The number of benzene rings is 1. The molecule has 1 aliphatic rings. The molecule has 1 heteroatoms. The topological polar surface area (TPSA) is 9.23 Å². The van der Waals surface area contributed by atoms with Crippen molar-refractivity contribution in [2.45, 2.75) is 46.6 Å². The molecular formula is C13H18O. The molecule has 1 aliphatic heterocycles.